The van der Waals surface area contributed by atoms with Gasteiger partial charge in [0.1, 0.15) is 6.61 Å². The molecule has 122 valence electrons. The van der Waals surface area contributed by atoms with Crippen LogP contribution in [0.3, 0.4) is 0 Å². The van der Waals surface area contributed by atoms with Gasteiger partial charge in [-0.3, -0.25) is 4.79 Å². The van der Waals surface area contributed by atoms with E-state index in [0.29, 0.717) is 13.2 Å². The van der Waals surface area contributed by atoms with E-state index in [2.05, 4.69) is 5.32 Å². The van der Waals surface area contributed by atoms with Gasteiger partial charge in [-0.2, -0.15) is 0 Å². The summed E-state index contributed by atoms with van der Waals surface area (Å²) >= 11 is 0. The number of nitrogens with zero attached hydrogens (tertiary/aromatic N) is 1. The van der Waals surface area contributed by atoms with Crippen LogP contribution in [0.4, 0.5) is 0 Å². The third kappa shape index (κ3) is 5.21. The lowest BCUT2D eigenvalue weighted by Gasteiger charge is -2.39. The molecule has 6 nitrogen and oxygen atoms in total. The van der Waals surface area contributed by atoms with Crippen LogP contribution in [-0.4, -0.2) is 75.1 Å². The minimum Gasteiger partial charge on any atom is -0.379 e. The van der Waals surface area contributed by atoms with Crippen LogP contribution < -0.4 is 5.32 Å². The molecule has 2 fully saturated rings. The highest BCUT2D eigenvalue weighted by Crippen LogP contribution is 2.17. The molecule has 0 aliphatic carbocycles. The number of nitrogens with one attached hydrogen (secondary N) is 1. The van der Waals surface area contributed by atoms with Gasteiger partial charge < -0.3 is 24.4 Å². The Balaban J connectivity index is 1.58. The fourth-order valence-electron chi connectivity index (χ4n) is 2.60. The topological polar surface area (TPSA) is 60.0 Å². The molecule has 2 aliphatic rings. The Hall–Kier alpha value is -0.690. The molecule has 0 atom stereocenters. The van der Waals surface area contributed by atoms with Crippen LogP contribution in [0, 0.1) is 0 Å². The lowest BCUT2D eigenvalue weighted by molar-refractivity contribution is -0.148. The molecule has 0 aromatic carbocycles. The number of hydrogen-bond acceptors (Lipinski definition) is 5. The molecule has 0 aromatic heterocycles. The second-order valence-corrected chi connectivity index (χ2v) is 5.99. The van der Waals surface area contributed by atoms with Gasteiger partial charge in [0.25, 0.3) is 0 Å². The predicted octanol–water partition coefficient (Wildman–Crippen LogP) is 0.409. The summed E-state index contributed by atoms with van der Waals surface area (Å²) in [6.45, 7) is 9.40. The van der Waals surface area contributed by atoms with Crippen molar-refractivity contribution in [3.63, 3.8) is 0 Å². The summed E-state index contributed by atoms with van der Waals surface area (Å²) in [4.78, 5) is 14.0. The van der Waals surface area contributed by atoms with Crippen LogP contribution in [0.5, 0.6) is 0 Å². The van der Waals surface area contributed by atoms with E-state index in [1.807, 2.05) is 18.7 Å². The highest BCUT2D eigenvalue weighted by Gasteiger charge is 2.34. The van der Waals surface area contributed by atoms with Crippen molar-refractivity contribution in [3.05, 3.63) is 0 Å². The SMILES string of the molecule is CCOCCOC1CCN(C(=O)COC2(C)CNC2)CC1. The third-order valence-electron chi connectivity index (χ3n) is 4.12. The molecule has 2 aliphatic heterocycles. The molecule has 2 heterocycles. The van der Waals surface area contributed by atoms with E-state index >= 15 is 0 Å². The molecule has 1 N–H and O–H groups in total. The smallest absolute Gasteiger partial charge is 0.248 e. The number of likely N-dealkylation sites (tertiary alicyclic amines) is 1. The summed E-state index contributed by atoms with van der Waals surface area (Å²) in [5.74, 6) is 0.0934. The van der Waals surface area contributed by atoms with Crippen LogP contribution in [0.1, 0.15) is 26.7 Å². The van der Waals surface area contributed by atoms with Crippen LogP contribution in [0.2, 0.25) is 0 Å². The maximum atomic E-state index is 12.1. The van der Waals surface area contributed by atoms with Crippen molar-refractivity contribution in [1.29, 1.82) is 0 Å². The monoisotopic (exact) mass is 300 g/mol. The molecule has 1 amide bonds. The van der Waals surface area contributed by atoms with E-state index in [-0.39, 0.29) is 24.2 Å². The van der Waals surface area contributed by atoms with Crippen molar-refractivity contribution in [3.8, 4) is 0 Å². The summed E-state index contributed by atoms with van der Waals surface area (Å²) < 4.78 is 16.7. The molecule has 6 heteroatoms. The minimum atomic E-state index is -0.156. The van der Waals surface area contributed by atoms with Gasteiger partial charge in [0.2, 0.25) is 5.91 Å². The molecule has 2 saturated heterocycles. The molecule has 0 radical (unpaired) electrons. The first-order valence-electron chi connectivity index (χ1n) is 7.95. The number of ether oxygens (including phenoxy) is 3. The molecule has 21 heavy (non-hydrogen) atoms. The lowest BCUT2D eigenvalue weighted by Crippen LogP contribution is -2.60. The Morgan fingerprint density at radius 2 is 2.00 bits per heavy atom. The minimum absolute atomic E-state index is 0.0934. The normalized spacial score (nSPS) is 22.1. The van der Waals surface area contributed by atoms with Gasteiger partial charge in [0.15, 0.2) is 0 Å². The van der Waals surface area contributed by atoms with Crippen molar-refractivity contribution in [2.75, 3.05) is 52.6 Å². The summed E-state index contributed by atoms with van der Waals surface area (Å²) in [5.41, 5.74) is -0.156. The largest absolute Gasteiger partial charge is 0.379 e. The number of rotatable bonds is 8. The third-order valence-corrected chi connectivity index (χ3v) is 4.12. The Morgan fingerprint density at radius 3 is 2.57 bits per heavy atom. The maximum Gasteiger partial charge on any atom is 0.248 e. The van der Waals surface area contributed by atoms with Gasteiger partial charge in [0, 0.05) is 32.8 Å². The van der Waals surface area contributed by atoms with E-state index in [0.717, 1.165) is 45.6 Å². The maximum absolute atomic E-state index is 12.1. The molecular weight excluding hydrogens is 272 g/mol. The Kier molecular flexibility index (Phi) is 6.41. The Morgan fingerprint density at radius 1 is 1.29 bits per heavy atom. The van der Waals surface area contributed by atoms with Crippen LogP contribution in [0.15, 0.2) is 0 Å². The highest BCUT2D eigenvalue weighted by molar-refractivity contribution is 5.77. The molecule has 0 aromatic rings. The zero-order chi connectivity index (χ0) is 15.1. The summed E-state index contributed by atoms with van der Waals surface area (Å²) in [5, 5.41) is 3.16. The van der Waals surface area contributed by atoms with E-state index in [9.17, 15) is 4.79 Å². The van der Waals surface area contributed by atoms with Crippen molar-refractivity contribution >= 4 is 5.91 Å². The molecule has 0 bridgehead atoms. The second kappa shape index (κ2) is 8.08. The number of hydrogen-bond donors (Lipinski definition) is 1. The van der Waals surface area contributed by atoms with Gasteiger partial charge in [0.05, 0.1) is 24.9 Å². The summed E-state index contributed by atoms with van der Waals surface area (Å²) in [6.07, 6.45) is 2.05. The molecular formula is C15H28N2O4. The zero-order valence-corrected chi connectivity index (χ0v) is 13.2. The average Bonchev–Trinajstić information content (AvgIpc) is 2.48. The van der Waals surface area contributed by atoms with Gasteiger partial charge >= 0.3 is 0 Å². The molecule has 0 spiro atoms. The van der Waals surface area contributed by atoms with Crippen LogP contribution >= 0.6 is 0 Å². The van der Waals surface area contributed by atoms with Crippen molar-refractivity contribution in [2.24, 2.45) is 0 Å². The quantitative estimate of drug-likeness (QED) is 0.658. The van der Waals surface area contributed by atoms with Gasteiger partial charge in [-0.1, -0.05) is 0 Å². The van der Waals surface area contributed by atoms with E-state index in [1.165, 1.54) is 0 Å². The molecule has 2 rings (SSSR count). The second-order valence-electron chi connectivity index (χ2n) is 5.99. The van der Waals surface area contributed by atoms with Crippen molar-refractivity contribution < 1.29 is 19.0 Å². The fraction of sp³-hybridized carbons (Fsp3) is 0.933. The Labute approximate surface area is 127 Å². The number of piperidine rings is 1. The van der Waals surface area contributed by atoms with Gasteiger partial charge in [-0.15, -0.1) is 0 Å². The van der Waals surface area contributed by atoms with Crippen molar-refractivity contribution in [2.45, 2.75) is 38.4 Å². The first-order valence-corrected chi connectivity index (χ1v) is 7.95. The number of carbonyl (C=O) groups is 1. The number of amides is 1. The van der Waals surface area contributed by atoms with Gasteiger partial charge in [-0.05, 0) is 26.7 Å². The lowest BCUT2D eigenvalue weighted by atomic mass is 10.0. The first kappa shape index (κ1) is 16.7. The Bertz CT molecular complexity index is 326. The first-order chi connectivity index (χ1) is 10.1. The van der Waals surface area contributed by atoms with Gasteiger partial charge in [-0.25, -0.2) is 0 Å². The molecule has 0 saturated carbocycles. The summed E-state index contributed by atoms with van der Waals surface area (Å²) in [6, 6.07) is 0. The standard InChI is InChI=1S/C15H28N2O4/c1-3-19-8-9-20-13-4-6-17(7-5-13)14(18)10-21-15(2)11-16-12-15/h13,16H,3-12H2,1-2H3. The van der Waals surface area contributed by atoms with E-state index < -0.39 is 0 Å². The molecule has 0 unspecified atom stereocenters. The van der Waals surface area contributed by atoms with Crippen molar-refractivity contribution in [1.82, 2.24) is 10.2 Å². The van der Waals surface area contributed by atoms with E-state index in [4.69, 9.17) is 14.2 Å². The highest BCUT2D eigenvalue weighted by atomic mass is 16.5. The summed E-state index contributed by atoms with van der Waals surface area (Å²) in [7, 11) is 0. The number of carbonyl (C=O) groups excluding carboxylic acids is 1. The zero-order valence-electron chi connectivity index (χ0n) is 13.2. The predicted molar refractivity (Wildman–Crippen MR) is 79.3 cm³/mol. The average molecular weight is 300 g/mol. The fourth-order valence-corrected chi connectivity index (χ4v) is 2.60. The van der Waals surface area contributed by atoms with E-state index in [1.54, 1.807) is 0 Å². The van der Waals surface area contributed by atoms with Crippen LogP contribution in [-0.2, 0) is 19.0 Å². The van der Waals surface area contributed by atoms with Crippen LogP contribution in [0.25, 0.3) is 0 Å².